The summed E-state index contributed by atoms with van der Waals surface area (Å²) in [5.74, 6) is 1.15. The predicted molar refractivity (Wildman–Crippen MR) is 110 cm³/mol. The van der Waals surface area contributed by atoms with Gasteiger partial charge in [-0.25, -0.2) is 4.98 Å². The zero-order valence-corrected chi connectivity index (χ0v) is 17.5. The van der Waals surface area contributed by atoms with Crippen LogP contribution in [0.1, 0.15) is 37.9 Å². The van der Waals surface area contributed by atoms with Gasteiger partial charge in [0.05, 0.1) is 10.7 Å². The van der Waals surface area contributed by atoms with Crippen molar-refractivity contribution in [2.75, 3.05) is 32.5 Å². The van der Waals surface area contributed by atoms with E-state index in [4.69, 9.17) is 9.68 Å². The fourth-order valence-corrected chi connectivity index (χ4v) is 4.96. The molecule has 2 aliphatic rings. The Bertz CT molecular complexity index is 850. The summed E-state index contributed by atoms with van der Waals surface area (Å²) >= 11 is 3.63. The zero-order chi connectivity index (χ0) is 19.0. The highest BCUT2D eigenvalue weighted by molar-refractivity contribution is 9.10. The summed E-state index contributed by atoms with van der Waals surface area (Å²) in [7, 11) is 4.38. The second-order valence-corrected chi connectivity index (χ2v) is 8.76. The van der Waals surface area contributed by atoms with Gasteiger partial charge in [-0.15, -0.1) is 0 Å². The van der Waals surface area contributed by atoms with E-state index < -0.39 is 0 Å². The van der Waals surface area contributed by atoms with Crippen LogP contribution in [0.25, 0.3) is 11.0 Å². The molecule has 1 atom stereocenters. The smallest absolute Gasteiger partial charge is 0.204 e. The van der Waals surface area contributed by atoms with Crippen LogP contribution < -0.4 is 5.32 Å². The highest BCUT2D eigenvalue weighted by atomic mass is 79.9. The number of furan rings is 1. The minimum absolute atomic E-state index is 0.312. The Hall–Kier alpha value is -1.62. The summed E-state index contributed by atoms with van der Waals surface area (Å²) in [4.78, 5) is 9.55. The van der Waals surface area contributed by atoms with Crippen molar-refractivity contribution in [3.8, 4) is 6.07 Å². The maximum absolute atomic E-state index is 9.02. The van der Waals surface area contributed by atoms with Gasteiger partial charge < -0.3 is 14.6 Å². The number of hydrogen-bond acceptors (Lipinski definition) is 6. The Morgan fingerprint density at radius 2 is 2.07 bits per heavy atom. The van der Waals surface area contributed by atoms with Crippen molar-refractivity contribution in [3.05, 3.63) is 22.5 Å². The number of nitrogens with zero attached hydrogens (tertiary/aromatic N) is 4. The van der Waals surface area contributed by atoms with Crippen LogP contribution in [0.3, 0.4) is 0 Å². The Balaban J connectivity index is 1.36. The summed E-state index contributed by atoms with van der Waals surface area (Å²) < 4.78 is 6.32. The minimum Gasteiger partial charge on any atom is -0.444 e. The van der Waals surface area contributed by atoms with Crippen molar-refractivity contribution >= 4 is 32.7 Å². The number of nitrogens with one attached hydrogen (secondary N) is 1. The molecule has 1 N–H and O–H groups in total. The van der Waals surface area contributed by atoms with E-state index in [1.807, 2.05) is 6.07 Å². The van der Waals surface area contributed by atoms with Crippen molar-refractivity contribution in [1.29, 1.82) is 5.26 Å². The third-order valence-electron chi connectivity index (χ3n) is 6.11. The normalized spacial score (nSPS) is 26.6. The molecule has 0 unspecified atom stereocenters. The number of fused-ring (bicyclic) bond motifs is 1. The lowest BCUT2D eigenvalue weighted by Gasteiger charge is -2.35. The molecule has 1 saturated heterocycles. The lowest BCUT2D eigenvalue weighted by Crippen LogP contribution is -2.41. The van der Waals surface area contributed by atoms with E-state index in [-0.39, 0.29) is 0 Å². The number of aromatic nitrogens is 1. The van der Waals surface area contributed by atoms with E-state index in [1.54, 1.807) is 12.3 Å². The number of halogens is 1. The van der Waals surface area contributed by atoms with E-state index in [2.05, 4.69) is 50.1 Å². The molecule has 1 aliphatic carbocycles. The van der Waals surface area contributed by atoms with Gasteiger partial charge in [0.15, 0.2) is 5.58 Å². The summed E-state index contributed by atoms with van der Waals surface area (Å²) in [5.41, 5.74) is 0.636. The van der Waals surface area contributed by atoms with Crippen molar-refractivity contribution in [2.24, 2.45) is 0 Å². The Labute approximate surface area is 168 Å². The second-order valence-electron chi connectivity index (χ2n) is 7.97. The van der Waals surface area contributed by atoms with Gasteiger partial charge in [0.2, 0.25) is 5.76 Å². The van der Waals surface area contributed by atoms with E-state index >= 15 is 0 Å². The molecular weight excluding hydrogens is 406 g/mol. The molecule has 6 nitrogen and oxygen atoms in total. The molecule has 0 radical (unpaired) electrons. The number of pyridine rings is 1. The van der Waals surface area contributed by atoms with Gasteiger partial charge in [-0.2, -0.15) is 5.26 Å². The molecule has 1 saturated carbocycles. The molecule has 1 aliphatic heterocycles. The molecule has 7 heteroatoms. The van der Waals surface area contributed by atoms with Crippen molar-refractivity contribution in [1.82, 2.24) is 14.8 Å². The number of nitriles is 1. The SMILES string of the molecule is CN(C)[C@@H]1CCN(C2CCC(Nc3ncc4oc(C#N)cc4c3Br)CC2)C1. The molecular formula is C20H26BrN5O. The molecule has 0 spiro atoms. The lowest BCUT2D eigenvalue weighted by molar-refractivity contribution is 0.171. The molecule has 4 rings (SSSR count). The minimum atomic E-state index is 0.312. The number of anilines is 1. The number of likely N-dealkylation sites (tertiary alicyclic amines) is 1. The monoisotopic (exact) mass is 431 g/mol. The Morgan fingerprint density at radius 3 is 2.74 bits per heavy atom. The third-order valence-corrected chi connectivity index (χ3v) is 6.91. The zero-order valence-electron chi connectivity index (χ0n) is 15.9. The summed E-state index contributed by atoms with van der Waals surface area (Å²) in [6, 6.07) is 5.68. The van der Waals surface area contributed by atoms with Gasteiger partial charge in [-0.1, -0.05) is 0 Å². The van der Waals surface area contributed by atoms with Crippen LogP contribution in [-0.4, -0.2) is 60.1 Å². The topological polar surface area (TPSA) is 68.3 Å². The highest BCUT2D eigenvalue weighted by Crippen LogP contribution is 2.34. The third kappa shape index (κ3) is 3.84. The van der Waals surface area contributed by atoms with E-state index in [0.29, 0.717) is 23.4 Å². The molecule has 144 valence electrons. The fourth-order valence-electron chi connectivity index (χ4n) is 4.44. The summed E-state index contributed by atoms with van der Waals surface area (Å²) in [6.07, 6.45) is 7.78. The van der Waals surface area contributed by atoms with Gasteiger partial charge in [0.25, 0.3) is 0 Å². The maximum Gasteiger partial charge on any atom is 0.204 e. The van der Waals surface area contributed by atoms with Crippen LogP contribution in [0.5, 0.6) is 0 Å². The first kappa shape index (κ1) is 18.7. The largest absolute Gasteiger partial charge is 0.444 e. The fraction of sp³-hybridized carbons (Fsp3) is 0.600. The van der Waals surface area contributed by atoms with Crippen LogP contribution >= 0.6 is 15.9 Å². The van der Waals surface area contributed by atoms with Crippen LogP contribution in [0.2, 0.25) is 0 Å². The molecule has 2 aromatic heterocycles. The van der Waals surface area contributed by atoms with E-state index in [9.17, 15) is 0 Å². The quantitative estimate of drug-likeness (QED) is 0.793. The van der Waals surface area contributed by atoms with Crippen LogP contribution in [0.15, 0.2) is 21.2 Å². The summed E-state index contributed by atoms with van der Waals surface area (Å²) in [5, 5.41) is 13.5. The van der Waals surface area contributed by atoms with Gasteiger partial charge in [0.1, 0.15) is 11.9 Å². The van der Waals surface area contributed by atoms with Crippen LogP contribution in [0, 0.1) is 11.3 Å². The maximum atomic E-state index is 9.02. The average Bonchev–Trinajstić information content (AvgIpc) is 3.32. The van der Waals surface area contributed by atoms with Gasteiger partial charge in [0, 0.05) is 42.7 Å². The predicted octanol–water partition coefficient (Wildman–Crippen LogP) is 3.82. The molecule has 0 aromatic carbocycles. The molecule has 2 fully saturated rings. The number of rotatable bonds is 4. The van der Waals surface area contributed by atoms with Crippen molar-refractivity contribution < 1.29 is 4.42 Å². The molecule has 2 aromatic rings. The summed E-state index contributed by atoms with van der Waals surface area (Å²) in [6.45, 7) is 2.44. The first-order valence-corrected chi connectivity index (χ1v) is 10.5. The van der Waals surface area contributed by atoms with E-state index in [0.717, 1.165) is 34.6 Å². The highest BCUT2D eigenvalue weighted by Gasteiger charge is 2.32. The Morgan fingerprint density at radius 1 is 1.30 bits per heavy atom. The second kappa shape index (κ2) is 7.78. The molecule has 0 amide bonds. The van der Waals surface area contributed by atoms with Gasteiger partial charge in [-0.3, -0.25) is 4.90 Å². The van der Waals surface area contributed by atoms with Crippen LogP contribution in [-0.2, 0) is 0 Å². The number of hydrogen-bond donors (Lipinski definition) is 1. The Kier molecular flexibility index (Phi) is 5.40. The molecule has 3 heterocycles. The van der Waals surface area contributed by atoms with Gasteiger partial charge in [-0.05, 0) is 62.1 Å². The molecule has 0 bridgehead atoms. The van der Waals surface area contributed by atoms with Crippen molar-refractivity contribution in [3.63, 3.8) is 0 Å². The number of likely N-dealkylation sites (N-methyl/N-ethyl adjacent to an activating group) is 1. The lowest BCUT2D eigenvalue weighted by atomic mass is 9.90. The first-order valence-electron chi connectivity index (χ1n) is 9.70. The first-order chi connectivity index (χ1) is 13.0. The van der Waals surface area contributed by atoms with Crippen molar-refractivity contribution in [2.45, 2.75) is 50.2 Å². The van der Waals surface area contributed by atoms with E-state index in [1.165, 1.54) is 32.4 Å². The standard InChI is InChI=1S/C20H26BrN5O/c1-25(2)15-7-8-26(12-15)14-5-3-13(4-6-14)24-20-19(21)17-9-16(10-22)27-18(17)11-23-20/h9,11,13-15H,3-8,12H2,1-2H3,(H,23,24)/t13?,14?,15-/m1/s1. The van der Waals surface area contributed by atoms with Gasteiger partial charge >= 0.3 is 0 Å². The molecule has 27 heavy (non-hydrogen) atoms. The average molecular weight is 432 g/mol. The van der Waals surface area contributed by atoms with Crippen LogP contribution in [0.4, 0.5) is 5.82 Å².